The number of anilines is 1. The van der Waals surface area contributed by atoms with Crippen molar-refractivity contribution in [2.24, 2.45) is 0 Å². The van der Waals surface area contributed by atoms with Gasteiger partial charge in [0.1, 0.15) is 6.33 Å². The van der Waals surface area contributed by atoms with Gasteiger partial charge in [0, 0.05) is 56.2 Å². The lowest BCUT2D eigenvalue weighted by Crippen LogP contribution is -2.39. The Labute approximate surface area is 154 Å². The molecule has 6 nitrogen and oxygen atoms in total. The number of carbonyl (C=O) groups excluding carboxylic acids is 1. The van der Waals surface area contributed by atoms with E-state index in [4.69, 9.17) is 5.26 Å². The second-order valence-corrected chi connectivity index (χ2v) is 6.62. The topological polar surface area (TPSA) is 73.1 Å². The van der Waals surface area contributed by atoms with Crippen LogP contribution in [0.25, 0.3) is 0 Å². The van der Waals surface area contributed by atoms with Crippen molar-refractivity contribution in [3.63, 3.8) is 0 Å². The Morgan fingerprint density at radius 1 is 1.23 bits per heavy atom. The summed E-state index contributed by atoms with van der Waals surface area (Å²) >= 11 is 0. The lowest BCUT2D eigenvalue weighted by atomic mass is 10.1. The lowest BCUT2D eigenvalue weighted by Gasteiger charge is -2.30. The summed E-state index contributed by atoms with van der Waals surface area (Å²) in [4.78, 5) is 24.6. The minimum absolute atomic E-state index is 0.0886. The van der Waals surface area contributed by atoms with E-state index >= 15 is 0 Å². The highest BCUT2D eigenvalue weighted by Gasteiger charge is 2.25. The molecule has 0 saturated carbocycles. The third kappa shape index (κ3) is 4.37. The molecular weight excluding hydrogens is 326 g/mol. The fraction of sp³-hybridized carbons (Fsp3) is 0.400. The second-order valence-electron chi connectivity index (χ2n) is 6.62. The summed E-state index contributed by atoms with van der Waals surface area (Å²) in [7, 11) is 0. The molecule has 0 spiro atoms. The SMILES string of the molecule is CC(=O)N(Cc1cncnc1)[C@@H]1CCCN(c2ccc(C#N)cc2)CC1. The Morgan fingerprint density at radius 2 is 1.96 bits per heavy atom. The van der Waals surface area contributed by atoms with Gasteiger partial charge in [-0.2, -0.15) is 5.26 Å². The van der Waals surface area contributed by atoms with Gasteiger partial charge in [-0.1, -0.05) is 0 Å². The highest BCUT2D eigenvalue weighted by molar-refractivity contribution is 5.73. The molecule has 2 aromatic rings. The van der Waals surface area contributed by atoms with Crippen LogP contribution in [0, 0.1) is 11.3 Å². The van der Waals surface area contributed by atoms with Crippen LogP contribution in [0.15, 0.2) is 43.0 Å². The molecule has 1 aliphatic heterocycles. The van der Waals surface area contributed by atoms with E-state index in [9.17, 15) is 4.79 Å². The number of aromatic nitrogens is 2. The number of hydrogen-bond donors (Lipinski definition) is 0. The van der Waals surface area contributed by atoms with Crippen LogP contribution in [0.2, 0.25) is 0 Å². The number of nitrogens with zero attached hydrogens (tertiary/aromatic N) is 5. The zero-order chi connectivity index (χ0) is 18.4. The Bertz CT molecular complexity index is 769. The van der Waals surface area contributed by atoms with Crippen molar-refractivity contribution in [3.8, 4) is 6.07 Å². The van der Waals surface area contributed by atoms with Crippen LogP contribution in [-0.2, 0) is 11.3 Å². The van der Waals surface area contributed by atoms with Crippen LogP contribution in [-0.4, -0.2) is 39.9 Å². The lowest BCUT2D eigenvalue weighted by molar-refractivity contribution is -0.132. The van der Waals surface area contributed by atoms with Gasteiger partial charge in [0.15, 0.2) is 0 Å². The summed E-state index contributed by atoms with van der Waals surface area (Å²) in [6.07, 6.45) is 7.97. The fourth-order valence-corrected chi connectivity index (χ4v) is 3.50. The van der Waals surface area contributed by atoms with Crippen molar-refractivity contribution in [2.45, 2.75) is 38.8 Å². The Balaban J connectivity index is 1.67. The van der Waals surface area contributed by atoms with E-state index in [1.54, 1.807) is 19.3 Å². The largest absolute Gasteiger partial charge is 0.371 e. The van der Waals surface area contributed by atoms with E-state index in [0.29, 0.717) is 12.1 Å². The van der Waals surface area contributed by atoms with Crippen LogP contribution >= 0.6 is 0 Å². The zero-order valence-electron chi connectivity index (χ0n) is 15.0. The molecule has 0 radical (unpaired) electrons. The van der Waals surface area contributed by atoms with E-state index in [-0.39, 0.29) is 11.9 Å². The first-order chi connectivity index (χ1) is 12.7. The van der Waals surface area contributed by atoms with Crippen molar-refractivity contribution in [2.75, 3.05) is 18.0 Å². The number of nitriles is 1. The zero-order valence-corrected chi connectivity index (χ0v) is 15.0. The van der Waals surface area contributed by atoms with Crippen molar-refractivity contribution < 1.29 is 4.79 Å². The summed E-state index contributed by atoms with van der Waals surface area (Å²) in [6.45, 7) is 4.04. The molecule has 1 fully saturated rings. The first-order valence-electron chi connectivity index (χ1n) is 8.93. The molecule has 0 unspecified atom stereocenters. The third-order valence-electron chi connectivity index (χ3n) is 4.87. The second kappa shape index (κ2) is 8.43. The van der Waals surface area contributed by atoms with Crippen molar-refractivity contribution in [3.05, 3.63) is 54.1 Å². The van der Waals surface area contributed by atoms with Gasteiger partial charge in [0.2, 0.25) is 5.91 Å². The van der Waals surface area contributed by atoms with Crippen LogP contribution < -0.4 is 4.90 Å². The number of amides is 1. The molecule has 1 aromatic carbocycles. The first kappa shape index (κ1) is 17.9. The quantitative estimate of drug-likeness (QED) is 0.848. The highest BCUT2D eigenvalue weighted by atomic mass is 16.2. The van der Waals surface area contributed by atoms with E-state index in [2.05, 4.69) is 20.9 Å². The van der Waals surface area contributed by atoms with Crippen LogP contribution in [0.1, 0.15) is 37.3 Å². The molecule has 6 heteroatoms. The van der Waals surface area contributed by atoms with Crippen molar-refractivity contribution in [1.29, 1.82) is 5.26 Å². The Kier molecular flexibility index (Phi) is 5.80. The molecule has 0 aliphatic carbocycles. The molecule has 0 bridgehead atoms. The van der Waals surface area contributed by atoms with Gasteiger partial charge in [-0.05, 0) is 43.5 Å². The summed E-state index contributed by atoms with van der Waals surface area (Å²) in [5.74, 6) is 0.0886. The first-order valence-corrected chi connectivity index (χ1v) is 8.93. The molecule has 134 valence electrons. The normalized spacial score (nSPS) is 17.2. The van der Waals surface area contributed by atoms with Crippen molar-refractivity contribution >= 4 is 11.6 Å². The van der Waals surface area contributed by atoms with Gasteiger partial charge in [-0.3, -0.25) is 4.79 Å². The van der Waals surface area contributed by atoms with Crippen LogP contribution in [0.4, 0.5) is 5.69 Å². The predicted molar refractivity (Wildman–Crippen MR) is 99.3 cm³/mol. The third-order valence-corrected chi connectivity index (χ3v) is 4.87. The maximum absolute atomic E-state index is 12.2. The van der Waals surface area contributed by atoms with Gasteiger partial charge >= 0.3 is 0 Å². The molecule has 1 saturated heterocycles. The van der Waals surface area contributed by atoms with Crippen LogP contribution in [0.5, 0.6) is 0 Å². The average molecular weight is 349 g/mol. The molecule has 26 heavy (non-hydrogen) atoms. The number of carbonyl (C=O) groups is 1. The van der Waals surface area contributed by atoms with Crippen LogP contribution in [0.3, 0.4) is 0 Å². The van der Waals surface area contributed by atoms with Gasteiger partial charge in [-0.15, -0.1) is 0 Å². The number of hydrogen-bond acceptors (Lipinski definition) is 5. The monoisotopic (exact) mass is 349 g/mol. The fourth-order valence-electron chi connectivity index (χ4n) is 3.50. The molecular formula is C20H23N5O. The highest BCUT2D eigenvalue weighted by Crippen LogP contribution is 2.23. The van der Waals surface area contributed by atoms with E-state index in [1.165, 1.54) is 6.33 Å². The average Bonchev–Trinajstić information content (AvgIpc) is 2.93. The van der Waals surface area contributed by atoms with Gasteiger partial charge in [0.25, 0.3) is 0 Å². The summed E-state index contributed by atoms with van der Waals surface area (Å²) in [5.41, 5.74) is 2.76. The van der Waals surface area contributed by atoms with Gasteiger partial charge < -0.3 is 9.80 Å². The Hall–Kier alpha value is -2.94. The van der Waals surface area contributed by atoms with Crippen molar-refractivity contribution in [1.82, 2.24) is 14.9 Å². The molecule has 1 atom stereocenters. The number of benzene rings is 1. The molecule has 3 rings (SSSR count). The Morgan fingerprint density at radius 3 is 2.62 bits per heavy atom. The standard InChI is InChI=1S/C20H23N5O/c1-16(26)25(14-18-12-22-15-23-13-18)20-3-2-9-24(10-8-20)19-6-4-17(11-21)5-7-19/h4-7,12-13,15,20H,2-3,8-10,14H2,1H3/t20-/m1/s1. The van der Waals surface area contributed by atoms with Gasteiger partial charge in [-0.25, -0.2) is 9.97 Å². The summed E-state index contributed by atoms with van der Waals surface area (Å²) in [6, 6.07) is 10.1. The molecule has 2 heterocycles. The minimum Gasteiger partial charge on any atom is -0.371 e. The molecule has 1 aromatic heterocycles. The smallest absolute Gasteiger partial charge is 0.219 e. The maximum atomic E-state index is 12.2. The van der Waals surface area contributed by atoms with Gasteiger partial charge in [0.05, 0.1) is 11.6 Å². The minimum atomic E-state index is 0.0886. The molecule has 1 aliphatic rings. The predicted octanol–water partition coefficient (Wildman–Crippen LogP) is 2.76. The van der Waals surface area contributed by atoms with E-state index in [0.717, 1.165) is 43.6 Å². The number of rotatable bonds is 4. The maximum Gasteiger partial charge on any atom is 0.219 e. The van der Waals surface area contributed by atoms with E-state index < -0.39 is 0 Å². The summed E-state index contributed by atoms with van der Waals surface area (Å²) in [5, 5.41) is 8.94. The summed E-state index contributed by atoms with van der Waals surface area (Å²) < 4.78 is 0. The molecule has 1 amide bonds. The molecule has 0 N–H and O–H groups in total. The van der Waals surface area contributed by atoms with E-state index in [1.807, 2.05) is 29.2 Å².